The maximum Gasteiger partial charge on any atom is 0.422 e. The van der Waals surface area contributed by atoms with Crippen LogP contribution in [0, 0.1) is 0 Å². The van der Waals surface area contributed by atoms with Crippen LogP contribution in [-0.2, 0) is 4.74 Å². The maximum atomic E-state index is 12.5. The Balaban J connectivity index is 1.98. The summed E-state index contributed by atoms with van der Waals surface area (Å²) in [5.74, 6) is -0.161. The number of alkyl halides is 6. The summed E-state index contributed by atoms with van der Waals surface area (Å²) >= 11 is 0. The van der Waals surface area contributed by atoms with E-state index < -0.39 is 25.6 Å². The highest BCUT2D eigenvalue weighted by atomic mass is 31.1. The molecule has 1 aliphatic rings. The smallest absolute Gasteiger partial charge is 0.422 e. The highest BCUT2D eigenvalue weighted by Gasteiger charge is 2.29. The summed E-state index contributed by atoms with van der Waals surface area (Å²) in [5, 5.41) is 0. The second-order valence-electron chi connectivity index (χ2n) is 6.64. The lowest BCUT2D eigenvalue weighted by atomic mass is 10.1. The summed E-state index contributed by atoms with van der Waals surface area (Å²) in [6, 6.07) is 5.37. The van der Waals surface area contributed by atoms with Gasteiger partial charge in [0, 0.05) is 17.4 Å². The number of aliphatic imine (C=N–C) groups is 1. The van der Waals surface area contributed by atoms with E-state index in [1.165, 1.54) is 36.5 Å². The van der Waals surface area contributed by atoms with Crippen LogP contribution in [0.5, 0.6) is 5.75 Å². The molecule has 2 atom stereocenters. The third-order valence-electron chi connectivity index (χ3n) is 4.02. The van der Waals surface area contributed by atoms with Gasteiger partial charge in [0.15, 0.2) is 18.7 Å². The molecular formula is C20H20F6NO3P. The van der Waals surface area contributed by atoms with E-state index in [0.717, 1.165) is 5.57 Å². The topological polar surface area (TPSA) is 47.9 Å². The van der Waals surface area contributed by atoms with Gasteiger partial charge >= 0.3 is 12.4 Å². The van der Waals surface area contributed by atoms with Crippen molar-refractivity contribution >= 4 is 20.0 Å². The lowest BCUT2D eigenvalue weighted by molar-refractivity contribution is -0.156. The van der Waals surface area contributed by atoms with Gasteiger partial charge in [-0.3, -0.25) is 4.79 Å². The van der Waals surface area contributed by atoms with Crippen LogP contribution in [0.3, 0.4) is 0 Å². The normalized spacial score (nSPS) is 16.4. The zero-order valence-corrected chi connectivity index (χ0v) is 17.4. The van der Waals surface area contributed by atoms with E-state index in [1.807, 2.05) is 0 Å². The number of allylic oxidation sites excluding steroid dienone is 2. The summed E-state index contributed by atoms with van der Waals surface area (Å²) in [4.78, 5) is 16.5. The minimum atomic E-state index is -4.47. The van der Waals surface area contributed by atoms with E-state index in [9.17, 15) is 31.1 Å². The largest absolute Gasteiger partial charge is 0.484 e. The minimum absolute atomic E-state index is 0.000457. The molecule has 0 bridgehead atoms. The fraction of sp³-hybridized carbons (Fsp3) is 0.400. The molecule has 4 nitrogen and oxygen atoms in total. The van der Waals surface area contributed by atoms with Crippen molar-refractivity contribution in [3.8, 4) is 5.75 Å². The molecule has 0 aliphatic carbocycles. The summed E-state index contributed by atoms with van der Waals surface area (Å²) in [7, 11) is -0.187. The Morgan fingerprint density at radius 3 is 2.29 bits per heavy atom. The number of halogens is 6. The van der Waals surface area contributed by atoms with Crippen LogP contribution in [0.4, 0.5) is 26.3 Å². The predicted octanol–water partition coefficient (Wildman–Crippen LogP) is 6.05. The Hall–Kier alpha value is -2.35. The van der Waals surface area contributed by atoms with Gasteiger partial charge in [0.05, 0.1) is 0 Å². The van der Waals surface area contributed by atoms with E-state index in [1.54, 1.807) is 13.0 Å². The molecule has 1 aromatic carbocycles. The van der Waals surface area contributed by atoms with Gasteiger partial charge in [0.1, 0.15) is 5.75 Å². The fourth-order valence-electron chi connectivity index (χ4n) is 2.50. The molecule has 0 saturated carbocycles. The van der Waals surface area contributed by atoms with Crippen LogP contribution in [0.2, 0.25) is 0 Å². The molecule has 2 unspecified atom stereocenters. The van der Waals surface area contributed by atoms with Gasteiger partial charge < -0.3 is 9.47 Å². The van der Waals surface area contributed by atoms with Crippen molar-refractivity contribution < 1.29 is 40.6 Å². The number of nitrogens with zero attached hydrogens (tertiary/aromatic N) is 1. The molecule has 2 rings (SSSR count). The lowest BCUT2D eigenvalue weighted by Crippen LogP contribution is -2.19. The van der Waals surface area contributed by atoms with Gasteiger partial charge in [-0.2, -0.15) is 26.3 Å². The molecule has 0 N–H and O–H groups in total. The quantitative estimate of drug-likeness (QED) is 0.363. The van der Waals surface area contributed by atoms with Crippen LogP contribution < -0.4 is 4.74 Å². The summed E-state index contributed by atoms with van der Waals surface area (Å²) in [6.45, 7) is -1.06. The van der Waals surface area contributed by atoms with Gasteiger partial charge in [-0.1, -0.05) is 13.0 Å². The Morgan fingerprint density at radius 2 is 1.68 bits per heavy atom. The summed E-state index contributed by atoms with van der Waals surface area (Å²) < 4.78 is 82.8. The van der Waals surface area contributed by atoms with Crippen molar-refractivity contribution in [2.45, 2.75) is 37.8 Å². The number of rotatable bonds is 7. The number of carbonyl (C=O) groups excluding carboxylic acids is 1. The zero-order valence-electron chi connectivity index (χ0n) is 16.4. The van der Waals surface area contributed by atoms with E-state index in [0.29, 0.717) is 18.4 Å². The Morgan fingerprint density at radius 1 is 1.06 bits per heavy atom. The minimum Gasteiger partial charge on any atom is -0.484 e. The summed E-state index contributed by atoms with van der Waals surface area (Å²) in [5.41, 5.74) is 0.696. The SMILES string of the molecule is CC(PC(=O)c1ccc(OCC(F)(F)F)cc1)C1=CN=C(OCC(F)(F)F)C=CCC1. The highest BCUT2D eigenvalue weighted by molar-refractivity contribution is 7.59. The Kier molecular flexibility index (Phi) is 8.68. The summed E-state index contributed by atoms with van der Waals surface area (Å²) in [6.07, 6.45) is -3.34. The molecule has 1 aliphatic heterocycles. The lowest BCUT2D eigenvalue weighted by Gasteiger charge is -2.16. The first-order valence-electron chi connectivity index (χ1n) is 9.16. The number of ether oxygens (including phenoxy) is 2. The number of hydrogen-bond acceptors (Lipinski definition) is 4. The first-order chi connectivity index (χ1) is 14.4. The standard InChI is InChI=1S/C20H20F6NO3P/c1-13(15-4-2-3-5-17(27-10-15)30-12-20(24,25)26)31-18(28)14-6-8-16(9-7-14)29-11-19(21,22)23/h3,5-10,13,31H,2,4,11-12H2,1H3. The number of benzene rings is 1. The van der Waals surface area contributed by atoms with Gasteiger partial charge in [0.25, 0.3) is 0 Å². The van der Waals surface area contributed by atoms with Crippen LogP contribution in [0.1, 0.15) is 30.1 Å². The fourth-order valence-corrected chi connectivity index (χ4v) is 3.63. The van der Waals surface area contributed by atoms with Gasteiger partial charge in [-0.05, 0) is 57.3 Å². The second kappa shape index (κ2) is 10.8. The van der Waals surface area contributed by atoms with Crippen molar-refractivity contribution in [3.63, 3.8) is 0 Å². The van der Waals surface area contributed by atoms with E-state index in [2.05, 4.69) is 14.5 Å². The average Bonchev–Trinajstić information content (AvgIpc) is 2.64. The van der Waals surface area contributed by atoms with Crippen molar-refractivity contribution in [2.75, 3.05) is 13.2 Å². The maximum absolute atomic E-state index is 12.5. The Bertz CT molecular complexity index is 844. The number of hydrogen-bond donors (Lipinski definition) is 0. The first kappa shape index (κ1) is 24.9. The molecule has 0 amide bonds. The van der Waals surface area contributed by atoms with Gasteiger partial charge in [-0.15, -0.1) is 0 Å². The van der Waals surface area contributed by atoms with E-state index in [4.69, 9.17) is 0 Å². The molecule has 1 heterocycles. The van der Waals surface area contributed by atoms with Crippen molar-refractivity contribution in [3.05, 3.63) is 53.8 Å². The van der Waals surface area contributed by atoms with Crippen LogP contribution in [0.25, 0.3) is 0 Å². The Labute approximate surface area is 176 Å². The van der Waals surface area contributed by atoms with Crippen molar-refractivity contribution in [1.82, 2.24) is 0 Å². The molecule has 170 valence electrons. The van der Waals surface area contributed by atoms with Crippen LogP contribution in [-0.4, -0.2) is 42.6 Å². The predicted molar refractivity (Wildman–Crippen MR) is 106 cm³/mol. The second-order valence-corrected chi connectivity index (χ2v) is 8.25. The van der Waals surface area contributed by atoms with Gasteiger partial charge in [0.2, 0.25) is 5.90 Å². The average molecular weight is 467 g/mol. The first-order valence-corrected chi connectivity index (χ1v) is 10.2. The van der Waals surface area contributed by atoms with E-state index in [-0.39, 0.29) is 31.4 Å². The molecule has 0 fully saturated rings. The third kappa shape index (κ3) is 9.55. The van der Waals surface area contributed by atoms with E-state index >= 15 is 0 Å². The highest BCUT2D eigenvalue weighted by Crippen LogP contribution is 2.33. The molecule has 11 heteroatoms. The third-order valence-corrected chi connectivity index (χ3v) is 5.38. The van der Waals surface area contributed by atoms with Crippen LogP contribution >= 0.6 is 8.58 Å². The van der Waals surface area contributed by atoms with Crippen molar-refractivity contribution in [2.24, 2.45) is 4.99 Å². The molecular weight excluding hydrogens is 447 g/mol. The van der Waals surface area contributed by atoms with Crippen molar-refractivity contribution in [1.29, 1.82) is 0 Å². The molecule has 1 aromatic rings. The molecule has 0 saturated heterocycles. The monoisotopic (exact) mass is 467 g/mol. The number of carbonyl (C=O) groups is 1. The molecule has 0 spiro atoms. The molecule has 31 heavy (non-hydrogen) atoms. The molecule has 0 radical (unpaired) electrons. The van der Waals surface area contributed by atoms with Crippen LogP contribution in [0.15, 0.2) is 53.2 Å². The zero-order chi connectivity index (χ0) is 23.1. The molecule has 0 aromatic heterocycles. The van der Waals surface area contributed by atoms with Gasteiger partial charge in [-0.25, -0.2) is 4.99 Å².